The molecule has 0 heterocycles. The van der Waals surface area contributed by atoms with Crippen molar-refractivity contribution in [2.45, 2.75) is 245 Å². The second kappa shape index (κ2) is 51.2. The molecule has 0 saturated carbocycles. The van der Waals surface area contributed by atoms with Crippen molar-refractivity contribution in [2.75, 3.05) is 13.2 Å². The van der Waals surface area contributed by atoms with Gasteiger partial charge in [0.05, 0.1) is 0 Å². The third-order valence-corrected chi connectivity index (χ3v) is 10.9. The van der Waals surface area contributed by atoms with Crippen LogP contribution in [0, 0.1) is 0 Å². The van der Waals surface area contributed by atoms with Crippen molar-refractivity contribution in [3.63, 3.8) is 0 Å². The first kappa shape index (κ1) is 59.6. The highest BCUT2D eigenvalue weighted by Crippen LogP contribution is 2.13. The number of hydrogen-bond acceptors (Lipinski definition) is 6. The zero-order chi connectivity index (χ0) is 45.8. The van der Waals surface area contributed by atoms with Crippen LogP contribution in [0.4, 0.5) is 0 Å². The fraction of sp³-hybridized carbons (Fsp3) is 0.702. The highest BCUT2D eigenvalue weighted by Gasteiger charge is 2.19. The Morgan fingerprint density at radius 1 is 0.333 bits per heavy atom. The number of ether oxygens (including phenoxy) is 3. The summed E-state index contributed by atoms with van der Waals surface area (Å²) in [4.78, 5) is 38.0. The van der Waals surface area contributed by atoms with Gasteiger partial charge in [0.2, 0.25) is 0 Å². The van der Waals surface area contributed by atoms with E-state index in [9.17, 15) is 14.4 Å². The summed E-state index contributed by atoms with van der Waals surface area (Å²) in [5, 5.41) is 0. The Morgan fingerprint density at radius 3 is 1.05 bits per heavy atom. The van der Waals surface area contributed by atoms with Gasteiger partial charge in [-0.05, 0) is 109 Å². The number of rotatable bonds is 46. The van der Waals surface area contributed by atoms with Crippen molar-refractivity contribution in [1.82, 2.24) is 0 Å². The fourth-order valence-electron chi connectivity index (χ4n) is 6.91. The van der Waals surface area contributed by atoms with Gasteiger partial charge in [0, 0.05) is 19.3 Å². The van der Waals surface area contributed by atoms with Crippen molar-refractivity contribution in [3.05, 3.63) is 85.1 Å². The number of allylic oxidation sites excluding steroid dienone is 14. The van der Waals surface area contributed by atoms with E-state index in [4.69, 9.17) is 14.2 Å². The summed E-state index contributed by atoms with van der Waals surface area (Å²) in [5.74, 6) is -0.949. The molecule has 6 heteroatoms. The first-order chi connectivity index (χ1) is 31.0. The lowest BCUT2D eigenvalue weighted by Gasteiger charge is -2.18. The van der Waals surface area contributed by atoms with E-state index < -0.39 is 6.10 Å². The molecular weight excluding hydrogens is 781 g/mol. The first-order valence-corrected chi connectivity index (χ1v) is 26.1. The third-order valence-electron chi connectivity index (χ3n) is 10.9. The Balaban J connectivity index is 4.46. The highest BCUT2D eigenvalue weighted by molar-refractivity contribution is 5.71. The van der Waals surface area contributed by atoms with Crippen molar-refractivity contribution in [2.24, 2.45) is 0 Å². The minimum atomic E-state index is -0.800. The van der Waals surface area contributed by atoms with Gasteiger partial charge in [-0.25, -0.2) is 0 Å². The van der Waals surface area contributed by atoms with Gasteiger partial charge in [-0.15, -0.1) is 0 Å². The number of hydrogen-bond donors (Lipinski definition) is 0. The molecule has 0 bridgehead atoms. The summed E-state index contributed by atoms with van der Waals surface area (Å²) in [6.07, 6.45) is 65.6. The molecule has 0 unspecified atom stereocenters. The van der Waals surface area contributed by atoms with Crippen molar-refractivity contribution < 1.29 is 28.6 Å². The van der Waals surface area contributed by atoms with Gasteiger partial charge in [-0.2, -0.15) is 0 Å². The second-order valence-electron chi connectivity index (χ2n) is 17.0. The van der Waals surface area contributed by atoms with Crippen molar-refractivity contribution in [1.29, 1.82) is 0 Å². The standard InChI is InChI=1S/C57H96O6/c1-4-7-10-13-16-19-22-24-26-27-28-29-31-33-36-39-42-45-48-51-57(60)63-54(52-61-55(58)49-46-43-40-37-34-21-18-15-12-9-6-3)53-62-56(59)50-47-44-41-38-35-32-30-25-23-20-17-14-11-8-5-2/h7,10,15-16,18-19,24-26,28-30,33,36,54H,4-6,8-9,11-14,17,20-23,27,31-32,34-35,37-53H2,1-3H3/b10-7-,18-15-,19-16-,26-24-,29-28-,30-25-,36-33-/t54-/m0/s1. The molecule has 1 atom stereocenters. The van der Waals surface area contributed by atoms with Crippen LogP contribution in [0.1, 0.15) is 239 Å². The molecule has 0 radical (unpaired) electrons. The normalized spacial score (nSPS) is 12.7. The Bertz CT molecular complexity index is 1240. The van der Waals surface area contributed by atoms with Crippen LogP contribution in [0.3, 0.4) is 0 Å². The van der Waals surface area contributed by atoms with Gasteiger partial charge in [-0.3, -0.25) is 14.4 Å². The Kier molecular flexibility index (Phi) is 48.5. The van der Waals surface area contributed by atoms with E-state index in [1.54, 1.807) is 0 Å². The number of unbranched alkanes of at least 4 members (excludes halogenated alkanes) is 21. The van der Waals surface area contributed by atoms with E-state index in [0.29, 0.717) is 12.8 Å². The van der Waals surface area contributed by atoms with Crippen LogP contribution >= 0.6 is 0 Å². The molecule has 0 fully saturated rings. The molecule has 0 aromatic carbocycles. The topological polar surface area (TPSA) is 78.9 Å². The van der Waals surface area contributed by atoms with Crippen LogP contribution in [0.15, 0.2) is 85.1 Å². The SMILES string of the molecule is CC/C=C\C/C=C\C/C=C\C/C=C\C/C=C\CCCCCC(=O)O[C@@H](COC(=O)CCCCCCC/C=C\CCCC)COC(=O)CCCCCCC/C=C\CCCCCCCC. The van der Waals surface area contributed by atoms with Gasteiger partial charge in [0.25, 0.3) is 0 Å². The lowest BCUT2D eigenvalue weighted by molar-refractivity contribution is -0.167. The van der Waals surface area contributed by atoms with Gasteiger partial charge in [-0.1, -0.05) is 196 Å². The number of carbonyl (C=O) groups is 3. The molecule has 0 aromatic rings. The summed E-state index contributed by atoms with van der Waals surface area (Å²) in [5.41, 5.74) is 0. The largest absolute Gasteiger partial charge is 0.462 e. The molecule has 63 heavy (non-hydrogen) atoms. The molecule has 0 saturated heterocycles. The lowest BCUT2D eigenvalue weighted by atomic mass is 10.1. The molecule has 0 spiro atoms. The van der Waals surface area contributed by atoms with E-state index >= 15 is 0 Å². The summed E-state index contributed by atoms with van der Waals surface area (Å²) < 4.78 is 16.8. The Morgan fingerprint density at radius 2 is 0.635 bits per heavy atom. The average molecular weight is 877 g/mol. The van der Waals surface area contributed by atoms with Crippen LogP contribution in [-0.2, 0) is 28.6 Å². The molecule has 0 N–H and O–H groups in total. The van der Waals surface area contributed by atoms with Crippen molar-refractivity contribution >= 4 is 17.9 Å². The maximum atomic E-state index is 12.8. The Hall–Kier alpha value is -3.41. The van der Waals surface area contributed by atoms with Crippen LogP contribution in [0.5, 0.6) is 0 Å². The zero-order valence-corrected chi connectivity index (χ0v) is 41.1. The average Bonchev–Trinajstić information content (AvgIpc) is 3.28. The van der Waals surface area contributed by atoms with Crippen molar-refractivity contribution in [3.8, 4) is 0 Å². The van der Waals surface area contributed by atoms with Crippen LogP contribution in [0.2, 0.25) is 0 Å². The molecule has 0 amide bonds. The maximum Gasteiger partial charge on any atom is 0.306 e. The Labute approximate surface area is 388 Å². The second-order valence-corrected chi connectivity index (χ2v) is 17.0. The molecule has 0 aliphatic rings. The first-order valence-electron chi connectivity index (χ1n) is 26.1. The molecule has 0 rings (SSSR count). The molecule has 360 valence electrons. The summed E-state index contributed by atoms with van der Waals surface area (Å²) in [7, 11) is 0. The summed E-state index contributed by atoms with van der Waals surface area (Å²) in [6, 6.07) is 0. The van der Waals surface area contributed by atoms with Crippen LogP contribution in [0.25, 0.3) is 0 Å². The summed E-state index contributed by atoms with van der Waals surface area (Å²) in [6.45, 7) is 6.43. The minimum Gasteiger partial charge on any atom is -0.462 e. The lowest BCUT2D eigenvalue weighted by Crippen LogP contribution is -2.30. The summed E-state index contributed by atoms with van der Waals surface area (Å²) >= 11 is 0. The van der Waals surface area contributed by atoms with Gasteiger partial charge < -0.3 is 14.2 Å². The maximum absolute atomic E-state index is 12.8. The minimum absolute atomic E-state index is 0.0973. The van der Waals surface area contributed by atoms with Gasteiger partial charge in [0.15, 0.2) is 6.10 Å². The molecule has 0 aliphatic carbocycles. The highest BCUT2D eigenvalue weighted by atomic mass is 16.6. The molecule has 6 nitrogen and oxygen atoms in total. The monoisotopic (exact) mass is 877 g/mol. The third kappa shape index (κ3) is 49.5. The zero-order valence-electron chi connectivity index (χ0n) is 41.1. The predicted molar refractivity (Wildman–Crippen MR) is 270 cm³/mol. The molecule has 0 aromatic heterocycles. The number of esters is 3. The van der Waals surface area contributed by atoms with Crippen LogP contribution in [-0.4, -0.2) is 37.2 Å². The molecular formula is C57H96O6. The van der Waals surface area contributed by atoms with Gasteiger partial charge in [0.1, 0.15) is 13.2 Å². The van der Waals surface area contributed by atoms with E-state index in [-0.39, 0.29) is 37.5 Å². The van der Waals surface area contributed by atoms with E-state index in [2.05, 4.69) is 106 Å². The predicted octanol–water partition coefficient (Wildman–Crippen LogP) is 17.2. The fourth-order valence-corrected chi connectivity index (χ4v) is 6.91. The molecule has 0 aliphatic heterocycles. The smallest absolute Gasteiger partial charge is 0.306 e. The number of carbonyl (C=O) groups excluding carboxylic acids is 3. The van der Waals surface area contributed by atoms with E-state index in [1.807, 2.05) is 0 Å². The van der Waals surface area contributed by atoms with E-state index in [1.165, 1.54) is 83.5 Å². The van der Waals surface area contributed by atoms with Gasteiger partial charge >= 0.3 is 17.9 Å². The quantitative estimate of drug-likeness (QED) is 0.0262. The van der Waals surface area contributed by atoms with E-state index in [0.717, 1.165) is 116 Å². The van der Waals surface area contributed by atoms with Crippen LogP contribution < -0.4 is 0 Å².